The normalized spacial score (nSPS) is 12.2. The molecule has 0 saturated carbocycles. The third kappa shape index (κ3) is 3.63. The SMILES string of the molecule is CNC(C(=O)NCCc1ccc2ccccc2c1)c1cnn(C)c1. The van der Waals surface area contributed by atoms with E-state index in [0.29, 0.717) is 6.54 Å². The summed E-state index contributed by atoms with van der Waals surface area (Å²) in [6.45, 7) is 0.607. The van der Waals surface area contributed by atoms with Crippen LogP contribution in [0.1, 0.15) is 17.2 Å². The lowest BCUT2D eigenvalue weighted by Gasteiger charge is -2.14. The number of benzene rings is 2. The maximum atomic E-state index is 12.4. The summed E-state index contributed by atoms with van der Waals surface area (Å²) in [4.78, 5) is 12.4. The Morgan fingerprint density at radius 3 is 2.71 bits per heavy atom. The highest BCUT2D eigenvalue weighted by Crippen LogP contribution is 2.16. The smallest absolute Gasteiger partial charge is 0.241 e. The van der Waals surface area contributed by atoms with Crippen molar-refractivity contribution in [3.63, 3.8) is 0 Å². The number of rotatable bonds is 6. The molecule has 0 bridgehead atoms. The number of nitrogens with one attached hydrogen (secondary N) is 2. The highest BCUT2D eigenvalue weighted by atomic mass is 16.2. The zero-order chi connectivity index (χ0) is 16.9. The molecule has 0 aliphatic heterocycles. The van der Waals surface area contributed by atoms with Crippen LogP contribution in [0.2, 0.25) is 0 Å². The Morgan fingerprint density at radius 1 is 1.21 bits per heavy atom. The minimum atomic E-state index is -0.379. The molecule has 5 heteroatoms. The fourth-order valence-electron chi connectivity index (χ4n) is 2.86. The van der Waals surface area contributed by atoms with E-state index in [4.69, 9.17) is 0 Å². The molecule has 0 fully saturated rings. The number of carbonyl (C=O) groups excluding carboxylic acids is 1. The summed E-state index contributed by atoms with van der Waals surface area (Å²) < 4.78 is 1.70. The summed E-state index contributed by atoms with van der Waals surface area (Å²) in [5.41, 5.74) is 2.08. The molecule has 0 spiro atoms. The maximum Gasteiger partial charge on any atom is 0.241 e. The number of aryl methyl sites for hydroxylation is 1. The van der Waals surface area contributed by atoms with Gasteiger partial charge in [0.1, 0.15) is 6.04 Å². The average Bonchev–Trinajstić information content (AvgIpc) is 3.01. The molecule has 2 N–H and O–H groups in total. The third-order valence-electron chi connectivity index (χ3n) is 4.14. The summed E-state index contributed by atoms with van der Waals surface area (Å²) in [5.74, 6) is -0.0358. The van der Waals surface area contributed by atoms with Gasteiger partial charge in [0, 0.05) is 25.4 Å². The van der Waals surface area contributed by atoms with Gasteiger partial charge >= 0.3 is 0 Å². The van der Waals surface area contributed by atoms with E-state index in [-0.39, 0.29) is 11.9 Å². The van der Waals surface area contributed by atoms with E-state index < -0.39 is 0 Å². The molecular formula is C19H22N4O. The Kier molecular flexibility index (Phi) is 4.91. The minimum absolute atomic E-state index is 0.0358. The number of amides is 1. The first-order valence-electron chi connectivity index (χ1n) is 8.08. The predicted molar refractivity (Wildman–Crippen MR) is 95.7 cm³/mol. The molecular weight excluding hydrogens is 300 g/mol. The van der Waals surface area contributed by atoms with Crippen molar-refractivity contribution < 1.29 is 4.79 Å². The molecule has 0 saturated heterocycles. The molecule has 1 unspecified atom stereocenters. The van der Waals surface area contributed by atoms with Crippen molar-refractivity contribution in [3.05, 3.63) is 66.0 Å². The van der Waals surface area contributed by atoms with Crippen LogP contribution in [0, 0.1) is 0 Å². The lowest BCUT2D eigenvalue weighted by molar-refractivity contribution is -0.123. The van der Waals surface area contributed by atoms with Gasteiger partial charge in [-0.2, -0.15) is 5.10 Å². The predicted octanol–water partition coefficient (Wildman–Crippen LogP) is 2.19. The van der Waals surface area contributed by atoms with Crippen LogP contribution < -0.4 is 10.6 Å². The summed E-state index contributed by atoms with van der Waals surface area (Å²) in [6, 6.07) is 14.3. The van der Waals surface area contributed by atoms with Crippen LogP contribution in [-0.4, -0.2) is 29.3 Å². The van der Waals surface area contributed by atoms with Crippen molar-refractivity contribution >= 4 is 16.7 Å². The second-order valence-electron chi connectivity index (χ2n) is 5.89. The van der Waals surface area contributed by atoms with Crippen LogP contribution in [0.25, 0.3) is 10.8 Å². The number of nitrogens with zero attached hydrogens (tertiary/aromatic N) is 2. The monoisotopic (exact) mass is 322 g/mol. The van der Waals surface area contributed by atoms with Gasteiger partial charge in [0.2, 0.25) is 5.91 Å². The molecule has 0 aliphatic carbocycles. The van der Waals surface area contributed by atoms with E-state index >= 15 is 0 Å². The Hall–Kier alpha value is -2.66. The number of hydrogen-bond acceptors (Lipinski definition) is 3. The highest BCUT2D eigenvalue weighted by molar-refractivity contribution is 5.84. The van der Waals surface area contributed by atoms with Crippen LogP contribution in [0.15, 0.2) is 54.9 Å². The maximum absolute atomic E-state index is 12.4. The zero-order valence-electron chi connectivity index (χ0n) is 14.0. The number of aromatic nitrogens is 2. The number of likely N-dealkylation sites (N-methyl/N-ethyl adjacent to an activating group) is 1. The van der Waals surface area contributed by atoms with Crippen molar-refractivity contribution in [2.45, 2.75) is 12.5 Å². The molecule has 3 aromatic rings. The first-order valence-corrected chi connectivity index (χ1v) is 8.08. The fraction of sp³-hybridized carbons (Fsp3) is 0.263. The van der Waals surface area contributed by atoms with Crippen molar-refractivity contribution in [3.8, 4) is 0 Å². The van der Waals surface area contributed by atoms with Gasteiger partial charge in [-0.25, -0.2) is 0 Å². The van der Waals surface area contributed by atoms with E-state index in [1.807, 2.05) is 25.4 Å². The molecule has 1 heterocycles. The Bertz CT molecular complexity index is 840. The molecule has 1 aromatic heterocycles. The first-order chi connectivity index (χ1) is 11.7. The topological polar surface area (TPSA) is 59.0 Å². The van der Waals surface area contributed by atoms with Gasteiger partial charge in [0.05, 0.1) is 6.20 Å². The standard InChI is InChI=1S/C19H22N4O/c1-20-18(17-12-22-23(2)13-17)19(24)21-10-9-14-7-8-15-5-3-4-6-16(15)11-14/h3-8,11-13,18,20H,9-10H2,1-2H3,(H,21,24). The van der Waals surface area contributed by atoms with Crippen LogP contribution >= 0.6 is 0 Å². The van der Waals surface area contributed by atoms with E-state index in [1.54, 1.807) is 17.9 Å². The lowest BCUT2D eigenvalue weighted by Crippen LogP contribution is -2.36. The van der Waals surface area contributed by atoms with Crippen LogP contribution in [-0.2, 0) is 18.3 Å². The van der Waals surface area contributed by atoms with Gasteiger partial charge in [-0.05, 0) is 29.8 Å². The number of fused-ring (bicyclic) bond motifs is 1. The van der Waals surface area contributed by atoms with Crippen molar-refractivity contribution in [1.29, 1.82) is 0 Å². The quantitative estimate of drug-likeness (QED) is 0.731. The van der Waals surface area contributed by atoms with E-state index in [0.717, 1.165) is 12.0 Å². The van der Waals surface area contributed by atoms with E-state index in [1.165, 1.54) is 16.3 Å². The molecule has 1 amide bonds. The number of carbonyl (C=O) groups is 1. The summed E-state index contributed by atoms with van der Waals surface area (Å²) in [6.07, 6.45) is 4.37. The van der Waals surface area contributed by atoms with Crippen molar-refractivity contribution in [2.24, 2.45) is 7.05 Å². The lowest BCUT2D eigenvalue weighted by atomic mass is 10.1. The first kappa shape index (κ1) is 16.2. The van der Waals surface area contributed by atoms with Crippen LogP contribution in [0.5, 0.6) is 0 Å². The largest absolute Gasteiger partial charge is 0.354 e. The van der Waals surface area contributed by atoms with Crippen molar-refractivity contribution in [2.75, 3.05) is 13.6 Å². The van der Waals surface area contributed by atoms with Crippen molar-refractivity contribution in [1.82, 2.24) is 20.4 Å². The molecule has 0 radical (unpaired) electrons. The number of hydrogen-bond donors (Lipinski definition) is 2. The Balaban J connectivity index is 1.59. The summed E-state index contributed by atoms with van der Waals surface area (Å²) in [7, 11) is 3.62. The van der Waals surface area contributed by atoms with Crippen LogP contribution in [0.3, 0.4) is 0 Å². The Morgan fingerprint density at radius 2 is 2.00 bits per heavy atom. The van der Waals surface area contributed by atoms with Crippen LogP contribution in [0.4, 0.5) is 0 Å². The van der Waals surface area contributed by atoms with Gasteiger partial charge in [0.15, 0.2) is 0 Å². The van der Waals surface area contributed by atoms with Gasteiger partial charge in [-0.15, -0.1) is 0 Å². The molecule has 24 heavy (non-hydrogen) atoms. The summed E-state index contributed by atoms with van der Waals surface area (Å²) in [5, 5.41) is 12.6. The van der Waals surface area contributed by atoms with Gasteiger partial charge < -0.3 is 10.6 Å². The van der Waals surface area contributed by atoms with E-state index in [2.05, 4.69) is 46.1 Å². The zero-order valence-corrected chi connectivity index (χ0v) is 14.0. The second kappa shape index (κ2) is 7.27. The van der Waals surface area contributed by atoms with E-state index in [9.17, 15) is 4.79 Å². The van der Waals surface area contributed by atoms with Gasteiger partial charge in [-0.3, -0.25) is 9.48 Å². The highest BCUT2D eigenvalue weighted by Gasteiger charge is 2.19. The van der Waals surface area contributed by atoms with Gasteiger partial charge in [0.25, 0.3) is 0 Å². The molecule has 5 nitrogen and oxygen atoms in total. The van der Waals surface area contributed by atoms with Gasteiger partial charge in [-0.1, -0.05) is 42.5 Å². The third-order valence-corrected chi connectivity index (χ3v) is 4.14. The average molecular weight is 322 g/mol. The molecule has 1 atom stereocenters. The molecule has 3 rings (SSSR count). The summed E-state index contributed by atoms with van der Waals surface area (Å²) >= 11 is 0. The molecule has 2 aromatic carbocycles. The molecule has 0 aliphatic rings. The minimum Gasteiger partial charge on any atom is -0.354 e. The second-order valence-corrected chi connectivity index (χ2v) is 5.89. The Labute approximate surface area is 141 Å². The fourth-order valence-corrected chi connectivity index (χ4v) is 2.86. The molecule has 124 valence electrons.